The Morgan fingerprint density at radius 2 is 1.75 bits per heavy atom. The van der Waals surface area contributed by atoms with Gasteiger partial charge in [0, 0.05) is 0 Å². The fraction of sp³-hybridized carbons (Fsp3) is 0.913. The molecule has 0 N–H and O–H groups in total. The Hall–Kier alpha value is -1.10. The second-order valence-corrected chi connectivity index (χ2v) is 10.6. The topological polar surface area (TPSA) is 65.1 Å². The zero-order chi connectivity index (χ0) is 20.1. The van der Waals surface area contributed by atoms with Crippen LogP contribution < -0.4 is 0 Å². The SMILES string of the molecule is CCC(C)(CC(C)(C)C(=O)OCC1CO1)C(=O)OC1CC2CC1C1CCCC21. The van der Waals surface area contributed by atoms with Gasteiger partial charge in [0.2, 0.25) is 0 Å². The van der Waals surface area contributed by atoms with Crippen molar-refractivity contribution < 1.29 is 23.8 Å². The quantitative estimate of drug-likeness (QED) is 0.459. The van der Waals surface area contributed by atoms with Crippen molar-refractivity contribution in [1.82, 2.24) is 0 Å². The van der Waals surface area contributed by atoms with Crippen LogP contribution in [-0.2, 0) is 23.8 Å². The van der Waals surface area contributed by atoms with E-state index in [0.717, 1.165) is 24.2 Å². The van der Waals surface area contributed by atoms with Gasteiger partial charge >= 0.3 is 11.9 Å². The van der Waals surface area contributed by atoms with E-state index in [1.165, 1.54) is 25.7 Å². The van der Waals surface area contributed by atoms with Gasteiger partial charge in [-0.15, -0.1) is 0 Å². The van der Waals surface area contributed by atoms with E-state index >= 15 is 0 Å². The average Bonchev–Trinajstić information content (AvgIpc) is 3.04. The van der Waals surface area contributed by atoms with Crippen LogP contribution in [0.1, 0.15) is 72.6 Å². The molecule has 7 atom stereocenters. The maximum absolute atomic E-state index is 13.2. The van der Waals surface area contributed by atoms with Crippen LogP contribution in [0.3, 0.4) is 0 Å². The largest absolute Gasteiger partial charge is 0.462 e. The molecular weight excluding hydrogens is 356 g/mol. The molecule has 3 saturated carbocycles. The van der Waals surface area contributed by atoms with Crippen LogP contribution in [0.25, 0.3) is 0 Å². The van der Waals surface area contributed by atoms with Crippen LogP contribution in [0, 0.1) is 34.5 Å². The summed E-state index contributed by atoms with van der Waals surface area (Å²) in [6.45, 7) is 8.66. The standard InChI is InChI=1S/C23H36O5/c1-5-23(4,13-22(2,3)20(24)27-12-15-11-26-15)21(25)28-19-10-14-9-18(19)17-8-6-7-16(14)17/h14-19H,5-13H2,1-4H3. The molecule has 4 fully saturated rings. The summed E-state index contributed by atoms with van der Waals surface area (Å²) in [5, 5.41) is 0. The molecule has 5 nitrogen and oxygen atoms in total. The number of ether oxygens (including phenoxy) is 3. The lowest BCUT2D eigenvalue weighted by molar-refractivity contribution is -0.170. The number of rotatable bonds is 8. The van der Waals surface area contributed by atoms with Crippen molar-refractivity contribution in [2.45, 2.75) is 84.8 Å². The molecule has 3 aliphatic carbocycles. The number of fused-ring (bicyclic) bond motifs is 5. The average molecular weight is 393 g/mol. The van der Waals surface area contributed by atoms with Crippen molar-refractivity contribution in [1.29, 1.82) is 0 Å². The first kappa shape index (κ1) is 20.2. The summed E-state index contributed by atoms with van der Waals surface area (Å²) in [6.07, 6.45) is 7.56. The fourth-order valence-corrected chi connectivity index (χ4v) is 6.34. The Balaban J connectivity index is 1.36. The predicted octanol–water partition coefficient (Wildman–Crippen LogP) is 4.13. The number of epoxide rings is 1. The second-order valence-electron chi connectivity index (χ2n) is 10.6. The molecule has 28 heavy (non-hydrogen) atoms. The Morgan fingerprint density at radius 1 is 1.04 bits per heavy atom. The molecule has 0 aromatic rings. The van der Waals surface area contributed by atoms with Gasteiger partial charge in [-0.3, -0.25) is 9.59 Å². The summed E-state index contributed by atoms with van der Waals surface area (Å²) in [6, 6.07) is 0. The Morgan fingerprint density at radius 3 is 2.43 bits per heavy atom. The van der Waals surface area contributed by atoms with E-state index in [1.807, 2.05) is 27.7 Å². The van der Waals surface area contributed by atoms with Crippen molar-refractivity contribution in [2.75, 3.05) is 13.2 Å². The van der Waals surface area contributed by atoms with Gasteiger partial charge < -0.3 is 14.2 Å². The summed E-state index contributed by atoms with van der Waals surface area (Å²) in [5.41, 5.74) is -1.40. The van der Waals surface area contributed by atoms with Gasteiger partial charge in [0.1, 0.15) is 18.8 Å². The van der Waals surface area contributed by atoms with Crippen LogP contribution in [0.2, 0.25) is 0 Å². The lowest BCUT2D eigenvalue weighted by Gasteiger charge is -2.37. The van der Waals surface area contributed by atoms with Gasteiger partial charge in [0.25, 0.3) is 0 Å². The molecule has 4 rings (SSSR count). The fourth-order valence-electron chi connectivity index (χ4n) is 6.34. The molecule has 1 aliphatic heterocycles. The van der Waals surface area contributed by atoms with Crippen LogP contribution in [-0.4, -0.2) is 37.4 Å². The van der Waals surface area contributed by atoms with Crippen molar-refractivity contribution in [3.8, 4) is 0 Å². The minimum atomic E-state index is -0.732. The van der Waals surface area contributed by atoms with Gasteiger partial charge in [-0.05, 0) is 83.0 Å². The third-order valence-electron chi connectivity index (χ3n) is 8.09. The van der Waals surface area contributed by atoms with Gasteiger partial charge in [0.15, 0.2) is 0 Å². The summed E-state index contributed by atoms with van der Waals surface area (Å²) >= 11 is 0. The minimum Gasteiger partial charge on any atom is -0.462 e. The van der Waals surface area contributed by atoms with E-state index in [1.54, 1.807) is 0 Å². The Bertz CT molecular complexity index is 624. The lowest BCUT2D eigenvalue weighted by atomic mass is 9.72. The molecule has 1 heterocycles. The van der Waals surface area contributed by atoms with Crippen molar-refractivity contribution in [3.63, 3.8) is 0 Å². The first-order valence-electron chi connectivity index (χ1n) is 11.2. The van der Waals surface area contributed by atoms with Crippen LogP contribution in [0.15, 0.2) is 0 Å². The molecule has 158 valence electrons. The van der Waals surface area contributed by atoms with E-state index in [2.05, 4.69) is 0 Å². The second kappa shape index (κ2) is 7.30. The first-order valence-corrected chi connectivity index (χ1v) is 11.2. The maximum atomic E-state index is 13.2. The number of carbonyl (C=O) groups excluding carboxylic acids is 2. The highest BCUT2D eigenvalue weighted by molar-refractivity contribution is 5.80. The molecular formula is C23H36O5. The molecule has 4 aliphatic rings. The molecule has 0 aromatic heterocycles. The maximum Gasteiger partial charge on any atom is 0.312 e. The molecule has 2 bridgehead atoms. The lowest BCUT2D eigenvalue weighted by Crippen LogP contribution is -2.41. The zero-order valence-corrected chi connectivity index (χ0v) is 17.9. The first-order chi connectivity index (χ1) is 13.2. The van der Waals surface area contributed by atoms with Gasteiger partial charge in [-0.2, -0.15) is 0 Å². The number of esters is 2. The molecule has 7 unspecified atom stereocenters. The van der Waals surface area contributed by atoms with E-state index in [9.17, 15) is 9.59 Å². The van der Waals surface area contributed by atoms with Crippen LogP contribution in [0.5, 0.6) is 0 Å². The summed E-state index contributed by atoms with van der Waals surface area (Å²) < 4.78 is 16.6. The normalized spacial score (nSPS) is 38.0. The third kappa shape index (κ3) is 3.71. The smallest absolute Gasteiger partial charge is 0.312 e. The van der Waals surface area contributed by atoms with Crippen LogP contribution in [0.4, 0.5) is 0 Å². The highest BCUT2D eigenvalue weighted by atomic mass is 16.6. The Kier molecular flexibility index (Phi) is 5.26. The van der Waals surface area contributed by atoms with Crippen molar-refractivity contribution in [3.05, 3.63) is 0 Å². The molecule has 0 aromatic carbocycles. The van der Waals surface area contributed by atoms with Gasteiger partial charge in [-0.25, -0.2) is 0 Å². The van der Waals surface area contributed by atoms with E-state index in [-0.39, 0.29) is 24.1 Å². The monoisotopic (exact) mass is 392 g/mol. The van der Waals surface area contributed by atoms with E-state index in [4.69, 9.17) is 14.2 Å². The molecule has 1 saturated heterocycles. The van der Waals surface area contributed by atoms with Gasteiger partial charge in [-0.1, -0.05) is 13.3 Å². The van der Waals surface area contributed by atoms with Crippen molar-refractivity contribution >= 4 is 11.9 Å². The number of hydrogen-bond donors (Lipinski definition) is 0. The van der Waals surface area contributed by atoms with E-state index in [0.29, 0.717) is 32.0 Å². The number of hydrogen-bond acceptors (Lipinski definition) is 5. The summed E-state index contributed by atoms with van der Waals surface area (Å²) in [7, 11) is 0. The summed E-state index contributed by atoms with van der Waals surface area (Å²) in [4.78, 5) is 25.8. The van der Waals surface area contributed by atoms with Gasteiger partial charge in [0.05, 0.1) is 17.4 Å². The highest BCUT2D eigenvalue weighted by Crippen LogP contribution is 2.59. The predicted molar refractivity (Wildman–Crippen MR) is 104 cm³/mol. The Labute approximate surface area is 168 Å². The number of carbonyl (C=O) groups is 2. The van der Waals surface area contributed by atoms with Crippen LogP contribution >= 0.6 is 0 Å². The molecule has 0 spiro atoms. The van der Waals surface area contributed by atoms with E-state index < -0.39 is 10.8 Å². The highest BCUT2D eigenvalue weighted by Gasteiger charge is 2.56. The molecule has 0 amide bonds. The van der Waals surface area contributed by atoms with Crippen molar-refractivity contribution in [2.24, 2.45) is 34.5 Å². The minimum absolute atomic E-state index is 0.0551. The molecule has 5 heteroatoms. The third-order valence-corrected chi connectivity index (χ3v) is 8.09. The zero-order valence-electron chi connectivity index (χ0n) is 17.9. The summed E-state index contributed by atoms with van der Waals surface area (Å²) in [5.74, 6) is 2.61. The molecule has 0 radical (unpaired) electrons.